The lowest BCUT2D eigenvalue weighted by Crippen LogP contribution is -2.30. The van der Waals surface area contributed by atoms with Gasteiger partial charge >= 0.3 is 18.1 Å². The number of nitrogens with one attached hydrogen (secondary N) is 1. The van der Waals surface area contributed by atoms with Crippen molar-refractivity contribution in [3.05, 3.63) is 80.4 Å². The number of imidazole rings is 1. The fourth-order valence-corrected chi connectivity index (χ4v) is 3.49. The zero-order chi connectivity index (χ0) is 22.9. The number of aromatic amines is 1. The summed E-state index contributed by atoms with van der Waals surface area (Å²) in [6, 6.07) is 9.15. The van der Waals surface area contributed by atoms with Crippen molar-refractivity contribution in [1.82, 2.24) is 19.1 Å². The molecule has 1 aliphatic rings. The van der Waals surface area contributed by atoms with E-state index in [2.05, 4.69) is 14.7 Å². The molecule has 2 heterocycles. The lowest BCUT2D eigenvalue weighted by atomic mass is 10.1. The Morgan fingerprint density at radius 3 is 2.59 bits per heavy atom. The van der Waals surface area contributed by atoms with Crippen molar-refractivity contribution in [1.29, 1.82) is 0 Å². The molecule has 2 aromatic heterocycles. The summed E-state index contributed by atoms with van der Waals surface area (Å²) in [6.07, 6.45) is -1.72. The van der Waals surface area contributed by atoms with Crippen molar-refractivity contribution in [2.45, 2.75) is 39.2 Å². The van der Waals surface area contributed by atoms with Crippen LogP contribution in [0.1, 0.15) is 25.3 Å². The molecule has 0 atom stereocenters. The first kappa shape index (κ1) is 21.5. The van der Waals surface area contributed by atoms with Gasteiger partial charge in [-0.15, -0.1) is 13.2 Å². The molecule has 0 spiro atoms. The molecule has 0 radical (unpaired) electrons. The van der Waals surface area contributed by atoms with E-state index >= 15 is 0 Å². The summed E-state index contributed by atoms with van der Waals surface area (Å²) < 4.78 is 50.4. The first-order valence-electron chi connectivity index (χ1n) is 9.86. The minimum atomic E-state index is -4.81. The van der Waals surface area contributed by atoms with Gasteiger partial charge in [-0.3, -0.25) is 18.9 Å². The number of alkyl halides is 3. The fraction of sp³-hybridized carbons (Fsp3) is 0.286. The Morgan fingerprint density at radius 1 is 1.16 bits per heavy atom. The van der Waals surface area contributed by atoms with Gasteiger partial charge in [0.2, 0.25) is 0 Å². The third kappa shape index (κ3) is 4.46. The standard InChI is InChI=1S/C21H19F3N4O4/c1-2-27-17-16(18(29)26-19(27)30)28(12-13-7-4-3-5-8-13)20(25-17)31-14-9-6-10-15(11-14)32-21(22,23)24/h3-5,7-9,11H,2,6,10,12H2,1H3,(H,26,29,30). The molecule has 0 aliphatic heterocycles. The Balaban J connectivity index is 1.81. The van der Waals surface area contributed by atoms with Crippen LogP contribution in [0.15, 0.2) is 63.6 Å². The van der Waals surface area contributed by atoms with Gasteiger partial charge in [-0.25, -0.2) is 4.79 Å². The maximum absolute atomic E-state index is 12.6. The topological polar surface area (TPSA) is 91.1 Å². The fourth-order valence-electron chi connectivity index (χ4n) is 3.49. The molecule has 0 amide bonds. The zero-order valence-corrected chi connectivity index (χ0v) is 17.0. The molecule has 1 aromatic carbocycles. The highest BCUT2D eigenvalue weighted by Crippen LogP contribution is 2.29. The second-order valence-corrected chi connectivity index (χ2v) is 7.05. The van der Waals surface area contributed by atoms with Crippen molar-refractivity contribution in [2.75, 3.05) is 0 Å². The van der Waals surface area contributed by atoms with Crippen LogP contribution in [0.2, 0.25) is 0 Å². The number of halogens is 3. The highest BCUT2D eigenvalue weighted by atomic mass is 19.4. The van der Waals surface area contributed by atoms with Gasteiger partial charge < -0.3 is 9.47 Å². The molecule has 168 valence electrons. The number of ether oxygens (including phenoxy) is 2. The molecule has 11 heteroatoms. The van der Waals surface area contributed by atoms with E-state index in [1.54, 1.807) is 13.0 Å². The maximum Gasteiger partial charge on any atom is 0.572 e. The third-order valence-corrected chi connectivity index (χ3v) is 4.85. The SMILES string of the molecule is CCn1c(=O)[nH]c(=O)c2c1nc(OC1=CCCC(OC(F)(F)F)=C1)n2Cc1ccccc1. The third-order valence-electron chi connectivity index (χ3n) is 4.85. The normalized spacial score (nSPS) is 14.2. The first-order valence-corrected chi connectivity index (χ1v) is 9.86. The molecule has 8 nitrogen and oxygen atoms in total. The van der Waals surface area contributed by atoms with E-state index in [0.717, 1.165) is 11.6 Å². The number of allylic oxidation sites excluding steroid dienone is 3. The van der Waals surface area contributed by atoms with Gasteiger partial charge in [0.1, 0.15) is 11.5 Å². The van der Waals surface area contributed by atoms with Crippen LogP contribution in [0.25, 0.3) is 11.2 Å². The monoisotopic (exact) mass is 448 g/mol. The summed E-state index contributed by atoms with van der Waals surface area (Å²) in [4.78, 5) is 31.5. The minimum absolute atomic E-state index is 0.0297. The molecule has 32 heavy (non-hydrogen) atoms. The summed E-state index contributed by atoms with van der Waals surface area (Å²) >= 11 is 0. The van der Waals surface area contributed by atoms with E-state index in [-0.39, 0.29) is 54.6 Å². The van der Waals surface area contributed by atoms with Gasteiger partial charge in [0.05, 0.1) is 6.54 Å². The van der Waals surface area contributed by atoms with E-state index in [4.69, 9.17) is 4.74 Å². The largest absolute Gasteiger partial charge is 0.572 e. The average molecular weight is 448 g/mol. The Hall–Kier alpha value is -3.76. The Morgan fingerprint density at radius 2 is 1.91 bits per heavy atom. The van der Waals surface area contributed by atoms with Crippen LogP contribution in [-0.4, -0.2) is 25.5 Å². The van der Waals surface area contributed by atoms with Crippen LogP contribution in [0.4, 0.5) is 13.2 Å². The van der Waals surface area contributed by atoms with Gasteiger partial charge in [0.25, 0.3) is 5.56 Å². The van der Waals surface area contributed by atoms with Gasteiger partial charge in [0.15, 0.2) is 11.2 Å². The van der Waals surface area contributed by atoms with Crippen molar-refractivity contribution >= 4 is 11.2 Å². The summed E-state index contributed by atoms with van der Waals surface area (Å²) in [7, 11) is 0. The average Bonchev–Trinajstić information content (AvgIpc) is 3.06. The van der Waals surface area contributed by atoms with Gasteiger partial charge in [-0.2, -0.15) is 4.98 Å². The summed E-state index contributed by atoms with van der Waals surface area (Å²) in [5, 5.41) is 0. The molecule has 0 fully saturated rings. The number of fused-ring (bicyclic) bond motifs is 1. The number of rotatable bonds is 6. The van der Waals surface area contributed by atoms with Crippen LogP contribution in [0.5, 0.6) is 6.01 Å². The van der Waals surface area contributed by atoms with E-state index < -0.39 is 17.6 Å². The lowest BCUT2D eigenvalue weighted by Gasteiger charge is -2.17. The van der Waals surface area contributed by atoms with E-state index in [0.29, 0.717) is 0 Å². The van der Waals surface area contributed by atoms with Crippen LogP contribution in [0, 0.1) is 0 Å². The van der Waals surface area contributed by atoms with E-state index in [9.17, 15) is 22.8 Å². The molecular formula is C21H19F3N4O4. The predicted octanol–water partition coefficient (Wildman–Crippen LogP) is 3.43. The van der Waals surface area contributed by atoms with Crippen LogP contribution in [0.3, 0.4) is 0 Å². The minimum Gasteiger partial charge on any atom is -0.426 e. The summed E-state index contributed by atoms with van der Waals surface area (Å²) in [6.45, 7) is 2.17. The molecule has 4 rings (SSSR count). The summed E-state index contributed by atoms with van der Waals surface area (Å²) in [5.74, 6) is -0.189. The number of aryl methyl sites for hydroxylation is 1. The number of benzene rings is 1. The second kappa shape index (κ2) is 8.40. The number of nitrogens with zero attached hydrogens (tertiary/aromatic N) is 3. The smallest absolute Gasteiger partial charge is 0.426 e. The lowest BCUT2D eigenvalue weighted by molar-refractivity contribution is -0.306. The Kier molecular flexibility index (Phi) is 5.64. The summed E-state index contributed by atoms with van der Waals surface area (Å²) in [5.41, 5.74) is -0.169. The van der Waals surface area contributed by atoms with Gasteiger partial charge in [-0.05, 0) is 25.0 Å². The predicted molar refractivity (Wildman–Crippen MR) is 109 cm³/mol. The number of hydrogen-bond donors (Lipinski definition) is 1. The molecule has 0 bridgehead atoms. The zero-order valence-electron chi connectivity index (χ0n) is 17.0. The second-order valence-electron chi connectivity index (χ2n) is 7.05. The van der Waals surface area contributed by atoms with Crippen LogP contribution >= 0.6 is 0 Å². The molecule has 0 unspecified atom stereocenters. The highest BCUT2D eigenvalue weighted by Gasteiger charge is 2.32. The molecule has 0 saturated heterocycles. The van der Waals surface area contributed by atoms with Gasteiger partial charge in [0, 0.05) is 19.0 Å². The van der Waals surface area contributed by atoms with Crippen LogP contribution in [-0.2, 0) is 17.8 Å². The molecular weight excluding hydrogens is 429 g/mol. The van der Waals surface area contributed by atoms with E-state index in [1.165, 1.54) is 9.13 Å². The molecule has 3 aromatic rings. The quantitative estimate of drug-likeness (QED) is 0.624. The Labute approximate surface area is 179 Å². The van der Waals surface area contributed by atoms with Crippen LogP contribution < -0.4 is 16.0 Å². The van der Waals surface area contributed by atoms with Crippen molar-refractivity contribution in [2.24, 2.45) is 0 Å². The van der Waals surface area contributed by atoms with E-state index in [1.807, 2.05) is 30.3 Å². The number of hydrogen-bond acceptors (Lipinski definition) is 5. The Bertz CT molecular complexity index is 1320. The molecule has 0 saturated carbocycles. The number of aromatic nitrogens is 4. The van der Waals surface area contributed by atoms with Crippen molar-refractivity contribution < 1.29 is 22.6 Å². The maximum atomic E-state index is 12.6. The van der Waals surface area contributed by atoms with Gasteiger partial charge in [-0.1, -0.05) is 30.3 Å². The van der Waals surface area contributed by atoms with Crippen molar-refractivity contribution in [3.8, 4) is 6.01 Å². The number of H-pyrrole nitrogens is 1. The van der Waals surface area contributed by atoms with Crippen molar-refractivity contribution in [3.63, 3.8) is 0 Å². The molecule has 1 aliphatic carbocycles. The highest BCUT2D eigenvalue weighted by molar-refractivity contribution is 5.72. The molecule has 1 N–H and O–H groups in total. The first-order chi connectivity index (χ1) is 15.2.